The lowest BCUT2D eigenvalue weighted by Crippen LogP contribution is -2.43. The molecule has 4 unspecified atom stereocenters. The fourth-order valence-corrected chi connectivity index (χ4v) is 4.76. The summed E-state index contributed by atoms with van der Waals surface area (Å²) in [4.78, 5) is 22.6. The van der Waals surface area contributed by atoms with Gasteiger partial charge in [0.2, 0.25) is 0 Å². The van der Waals surface area contributed by atoms with E-state index in [9.17, 15) is 9.59 Å². The molecule has 0 aliphatic carbocycles. The van der Waals surface area contributed by atoms with Crippen molar-refractivity contribution in [1.82, 2.24) is 0 Å². The third kappa shape index (κ3) is 3.78. The van der Waals surface area contributed by atoms with Crippen LogP contribution in [0, 0.1) is 11.8 Å². The van der Waals surface area contributed by atoms with Crippen LogP contribution in [0.1, 0.15) is 85.0 Å². The van der Waals surface area contributed by atoms with Gasteiger partial charge in [0.05, 0.1) is 17.1 Å². The minimum atomic E-state index is -0.458. The lowest BCUT2D eigenvalue weighted by Gasteiger charge is -2.34. The number of carbonyl (C=O) groups excluding carboxylic acids is 2. The molecule has 0 radical (unpaired) electrons. The standard InChI is InChI=1S/C19H32O4/c1-4-5-6-7-8-9-10-11-19-13-12-18(3,23-19)16(15(19)2)17(21)22-14-20/h14-16H,4-13H2,1-3H3. The molecular formula is C19H32O4. The quantitative estimate of drug-likeness (QED) is 0.259. The first-order valence-electron chi connectivity index (χ1n) is 9.33. The van der Waals surface area contributed by atoms with E-state index in [1.807, 2.05) is 6.92 Å². The maximum Gasteiger partial charge on any atom is 0.319 e. The minimum absolute atomic E-state index is 0.119. The van der Waals surface area contributed by atoms with Gasteiger partial charge in [-0.05, 0) is 26.2 Å². The Kier molecular flexibility index (Phi) is 6.24. The van der Waals surface area contributed by atoms with Crippen molar-refractivity contribution in [3.63, 3.8) is 0 Å². The zero-order valence-electron chi connectivity index (χ0n) is 14.9. The van der Waals surface area contributed by atoms with Crippen molar-refractivity contribution in [3.8, 4) is 0 Å². The number of ether oxygens (including phenoxy) is 2. The molecule has 2 saturated heterocycles. The maximum absolute atomic E-state index is 12.1. The molecule has 4 nitrogen and oxygen atoms in total. The molecule has 2 heterocycles. The Balaban J connectivity index is 1.85. The normalized spacial score (nSPS) is 35.4. The second-order valence-corrected chi connectivity index (χ2v) is 7.65. The van der Waals surface area contributed by atoms with Crippen molar-refractivity contribution in [3.05, 3.63) is 0 Å². The Labute approximate surface area is 140 Å². The molecule has 2 fully saturated rings. The van der Waals surface area contributed by atoms with E-state index in [0.29, 0.717) is 0 Å². The Morgan fingerprint density at radius 2 is 1.83 bits per heavy atom. The molecule has 0 aromatic heterocycles. The summed E-state index contributed by atoms with van der Waals surface area (Å²) >= 11 is 0. The third-order valence-electron chi connectivity index (χ3n) is 6.09. The van der Waals surface area contributed by atoms with Gasteiger partial charge in [0, 0.05) is 5.92 Å². The second kappa shape index (κ2) is 7.78. The largest absolute Gasteiger partial charge is 0.395 e. The van der Waals surface area contributed by atoms with Crippen LogP contribution in [0.3, 0.4) is 0 Å². The number of hydrogen-bond acceptors (Lipinski definition) is 4. The van der Waals surface area contributed by atoms with Crippen LogP contribution in [0.4, 0.5) is 0 Å². The van der Waals surface area contributed by atoms with E-state index in [1.54, 1.807) is 0 Å². The van der Waals surface area contributed by atoms with Crippen molar-refractivity contribution in [2.75, 3.05) is 0 Å². The van der Waals surface area contributed by atoms with E-state index >= 15 is 0 Å². The molecule has 0 aromatic carbocycles. The first-order chi connectivity index (χ1) is 11.0. The van der Waals surface area contributed by atoms with E-state index in [-0.39, 0.29) is 23.9 Å². The molecule has 0 aromatic rings. The Hall–Kier alpha value is -0.900. The highest BCUT2D eigenvalue weighted by Crippen LogP contribution is 2.59. The molecule has 0 N–H and O–H groups in total. The van der Waals surface area contributed by atoms with Crippen LogP contribution in [0.2, 0.25) is 0 Å². The van der Waals surface area contributed by atoms with E-state index < -0.39 is 11.6 Å². The molecule has 2 rings (SSSR count). The summed E-state index contributed by atoms with van der Waals surface area (Å²) in [7, 11) is 0. The summed E-state index contributed by atoms with van der Waals surface area (Å²) in [6, 6.07) is 0. The Bertz CT molecular complexity index is 422. The van der Waals surface area contributed by atoms with E-state index in [0.717, 1.165) is 25.7 Å². The van der Waals surface area contributed by atoms with Crippen LogP contribution in [0.25, 0.3) is 0 Å². The van der Waals surface area contributed by atoms with Crippen LogP contribution >= 0.6 is 0 Å². The van der Waals surface area contributed by atoms with Gasteiger partial charge in [0.15, 0.2) is 0 Å². The molecule has 132 valence electrons. The molecule has 2 aliphatic heterocycles. The predicted octanol–water partition coefficient (Wildman–Crippen LogP) is 4.40. The van der Waals surface area contributed by atoms with Crippen molar-refractivity contribution < 1.29 is 19.1 Å². The van der Waals surface area contributed by atoms with E-state index in [2.05, 4.69) is 18.6 Å². The molecule has 0 saturated carbocycles. The molecule has 4 atom stereocenters. The molecule has 2 aliphatic rings. The average Bonchev–Trinajstić information content (AvgIpc) is 2.95. The first kappa shape index (κ1) is 18.4. The maximum atomic E-state index is 12.1. The molecule has 23 heavy (non-hydrogen) atoms. The van der Waals surface area contributed by atoms with Gasteiger partial charge in [-0.2, -0.15) is 0 Å². The molecule has 4 heteroatoms. The Morgan fingerprint density at radius 1 is 1.17 bits per heavy atom. The van der Waals surface area contributed by atoms with Gasteiger partial charge in [0.25, 0.3) is 0 Å². The smallest absolute Gasteiger partial charge is 0.319 e. The third-order valence-corrected chi connectivity index (χ3v) is 6.09. The number of rotatable bonds is 10. The zero-order valence-corrected chi connectivity index (χ0v) is 14.9. The zero-order chi connectivity index (χ0) is 16.9. The number of unbranched alkanes of at least 4 members (excludes halogenated alkanes) is 6. The molecule has 0 amide bonds. The summed E-state index contributed by atoms with van der Waals surface area (Å²) in [6.45, 7) is 6.57. The van der Waals surface area contributed by atoms with Crippen LogP contribution in [-0.4, -0.2) is 23.6 Å². The van der Waals surface area contributed by atoms with Crippen LogP contribution in [-0.2, 0) is 19.1 Å². The molecular weight excluding hydrogens is 292 g/mol. The van der Waals surface area contributed by atoms with Crippen LogP contribution < -0.4 is 0 Å². The van der Waals surface area contributed by atoms with Gasteiger partial charge < -0.3 is 9.47 Å². The number of carbonyl (C=O) groups is 2. The van der Waals surface area contributed by atoms with E-state index in [1.165, 1.54) is 38.5 Å². The SMILES string of the molecule is CCCCCCCCCC12CCC(C)(O1)C(C(=O)OC=O)C2C. The van der Waals surface area contributed by atoms with Gasteiger partial charge >= 0.3 is 12.4 Å². The number of hydrogen-bond donors (Lipinski definition) is 0. The van der Waals surface area contributed by atoms with E-state index in [4.69, 9.17) is 4.74 Å². The summed E-state index contributed by atoms with van der Waals surface area (Å²) in [6.07, 6.45) is 11.9. The summed E-state index contributed by atoms with van der Waals surface area (Å²) in [5.74, 6) is -0.615. The van der Waals surface area contributed by atoms with Gasteiger partial charge in [0.1, 0.15) is 0 Å². The van der Waals surface area contributed by atoms with Crippen molar-refractivity contribution in [2.45, 2.75) is 96.2 Å². The predicted molar refractivity (Wildman–Crippen MR) is 88.9 cm³/mol. The topological polar surface area (TPSA) is 52.6 Å². The van der Waals surface area contributed by atoms with Gasteiger partial charge in [-0.25, -0.2) is 0 Å². The summed E-state index contributed by atoms with van der Waals surface area (Å²) < 4.78 is 11.0. The van der Waals surface area contributed by atoms with Crippen molar-refractivity contribution in [2.24, 2.45) is 11.8 Å². The Morgan fingerprint density at radius 3 is 2.48 bits per heavy atom. The van der Waals surface area contributed by atoms with Gasteiger partial charge in [-0.3, -0.25) is 9.59 Å². The summed E-state index contributed by atoms with van der Waals surface area (Å²) in [5.41, 5.74) is -0.647. The monoisotopic (exact) mass is 324 g/mol. The average molecular weight is 324 g/mol. The summed E-state index contributed by atoms with van der Waals surface area (Å²) in [5, 5.41) is 0. The fourth-order valence-electron chi connectivity index (χ4n) is 4.76. The second-order valence-electron chi connectivity index (χ2n) is 7.65. The first-order valence-corrected chi connectivity index (χ1v) is 9.33. The van der Waals surface area contributed by atoms with Gasteiger partial charge in [-0.1, -0.05) is 58.8 Å². The highest BCUT2D eigenvalue weighted by molar-refractivity contribution is 5.80. The lowest BCUT2D eigenvalue weighted by molar-refractivity contribution is -0.159. The fraction of sp³-hybridized carbons (Fsp3) is 0.895. The molecule has 2 bridgehead atoms. The highest BCUT2D eigenvalue weighted by Gasteiger charge is 2.65. The van der Waals surface area contributed by atoms with Crippen molar-refractivity contribution in [1.29, 1.82) is 0 Å². The van der Waals surface area contributed by atoms with Gasteiger partial charge in [-0.15, -0.1) is 0 Å². The lowest BCUT2D eigenvalue weighted by atomic mass is 9.66. The van der Waals surface area contributed by atoms with Crippen molar-refractivity contribution >= 4 is 12.4 Å². The minimum Gasteiger partial charge on any atom is -0.395 e. The molecule has 0 spiro atoms. The van der Waals surface area contributed by atoms with Crippen LogP contribution in [0.15, 0.2) is 0 Å². The highest BCUT2D eigenvalue weighted by atomic mass is 16.6. The number of esters is 1. The number of fused-ring (bicyclic) bond motifs is 2. The van der Waals surface area contributed by atoms with Crippen LogP contribution in [0.5, 0.6) is 0 Å².